The summed E-state index contributed by atoms with van der Waals surface area (Å²) in [6, 6.07) is 21.0. The third kappa shape index (κ3) is 6.45. The highest BCUT2D eigenvalue weighted by atomic mass is 32.2. The fourth-order valence-electron chi connectivity index (χ4n) is 4.47. The number of nitrogens with zero attached hydrogens (tertiary/aromatic N) is 1. The molecule has 0 unspecified atom stereocenters. The predicted octanol–water partition coefficient (Wildman–Crippen LogP) is 4.49. The summed E-state index contributed by atoms with van der Waals surface area (Å²) in [7, 11) is -2.89. The van der Waals surface area contributed by atoms with Gasteiger partial charge in [0.25, 0.3) is 5.91 Å². The molecule has 0 atom stereocenters. The molecule has 2 aliphatic rings. The van der Waals surface area contributed by atoms with Gasteiger partial charge in [0.05, 0.1) is 11.5 Å². The molecule has 3 aromatic carbocycles. The van der Waals surface area contributed by atoms with Crippen molar-refractivity contribution < 1.29 is 18.0 Å². The Morgan fingerprint density at radius 1 is 0.865 bits per heavy atom. The van der Waals surface area contributed by atoms with Gasteiger partial charge in [0, 0.05) is 42.5 Å². The quantitative estimate of drug-likeness (QED) is 0.481. The maximum Gasteiger partial charge on any atom is 0.255 e. The minimum absolute atomic E-state index is 0.0860. The molecule has 1 heterocycles. The van der Waals surface area contributed by atoms with Crippen LogP contribution in [0, 0.1) is 12.8 Å². The molecule has 5 rings (SSSR count). The van der Waals surface area contributed by atoms with Gasteiger partial charge in [0.2, 0.25) is 5.91 Å². The van der Waals surface area contributed by atoms with Crippen LogP contribution < -0.4 is 10.6 Å². The second kappa shape index (κ2) is 10.5. The number of aryl methyl sites for hydroxylation is 1. The zero-order valence-corrected chi connectivity index (χ0v) is 21.7. The number of sulfone groups is 1. The first kappa shape index (κ1) is 25.2. The van der Waals surface area contributed by atoms with Crippen LogP contribution in [0.5, 0.6) is 0 Å². The van der Waals surface area contributed by atoms with Crippen LogP contribution in [0.25, 0.3) is 11.1 Å². The number of hydrogen-bond donors (Lipinski definition) is 2. The summed E-state index contributed by atoms with van der Waals surface area (Å²) in [5.41, 5.74) is 6.25. The average Bonchev–Trinajstić information content (AvgIpc) is 3.73. The van der Waals surface area contributed by atoms with E-state index in [4.69, 9.17) is 0 Å². The van der Waals surface area contributed by atoms with Gasteiger partial charge in [-0.25, -0.2) is 8.42 Å². The van der Waals surface area contributed by atoms with Crippen LogP contribution in [0.1, 0.15) is 34.3 Å². The van der Waals surface area contributed by atoms with E-state index in [0.717, 1.165) is 40.8 Å². The van der Waals surface area contributed by atoms with E-state index in [-0.39, 0.29) is 29.2 Å². The molecule has 37 heavy (non-hydrogen) atoms. The lowest BCUT2D eigenvalue weighted by Gasteiger charge is -2.26. The molecule has 1 saturated heterocycles. The van der Waals surface area contributed by atoms with Gasteiger partial charge in [-0.2, -0.15) is 0 Å². The molecule has 0 aromatic heterocycles. The van der Waals surface area contributed by atoms with Crippen molar-refractivity contribution in [3.05, 3.63) is 83.4 Å². The van der Waals surface area contributed by atoms with E-state index < -0.39 is 9.84 Å². The van der Waals surface area contributed by atoms with Crippen molar-refractivity contribution in [1.82, 2.24) is 4.90 Å². The Bertz CT molecular complexity index is 1400. The van der Waals surface area contributed by atoms with Crippen LogP contribution in [-0.2, 0) is 21.2 Å². The Hall–Kier alpha value is -3.49. The monoisotopic (exact) mass is 517 g/mol. The second-order valence-corrected chi connectivity index (χ2v) is 12.3. The fraction of sp³-hybridized carbons (Fsp3) is 0.310. The van der Waals surface area contributed by atoms with Crippen molar-refractivity contribution in [3.63, 3.8) is 0 Å². The van der Waals surface area contributed by atoms with E-state index in [1.54, 1.807) is 12.1 Å². The van der Waals surface area contributed by atoms with E-state index in [9.17, 15) is 18.0 Å². The summed E-state index contributed by atoms with van der Waals surface area (Å²) in [5.74, 6) is 0.453. The molecule has 7 nitrogen and oxygen atoms in total. The number of anilines is 2. The third-order valence-corrected chi connectivity index (χ3v) is 8.58. The number of benzene rings is 3. The molecule has 1 aliphatic heterocycles. The van der Waals surface area contributed by atoms with Gasteiger partial charge >= 0.3 is 0 Å². The maximum absolute atomic E-state index is 12.8. The maximum atomic E-state index is 12.8. The van der Waals surface area contributed by atoms with E-state index >= 15 is 0 Å². The smallest absolute Gasteiger partial charge is 0.255 e. The number of rotatable bonds is 7. The summed E-state index contributed by atoms with van der Waals surface area (Å²) >= 11 is 0. The SMILES string of the molecule is Cc1ccc(NC(=O)C2CC2)cc1-c1ccc(NC(=O)c2ccc(CN3CCS(=O)(=O)CC3)cc2)cc1. The molecule has 2 fully saturated rings. The Labute approximate surface area is 217 Å². The first-order valence-corrected chi connectivity index (χ1v) is 14.4. The molecular formula is C29H31N3O4S. The zero-order valence-electron chi connectivity index (χ0n) is 20.9. The van der Waals surface area contributed by atoms with Crippen molar-refractivity contribution in [2.24, 2.45) is 5.92 Å². The van der Waals surface area contributed by atoms with Gasteiger partial charge in [0.1, 0.15) is 0 Å². The highest BCUT2D eigenvalue weighted by Crippen LogP contribution is 2.32. The Kier molecular flexibility index (Phi) is 7.13. The average molecular weight is 518 g/mol. The van der Waals surface area contributed by atoms with Gasteiger partial charge < -0.3 is 10.6 Å². The molecule has 192 valence electrons. The molecule has 1 saturated carbocycles. The lowest BCUT2D eigenvalue weighted by Crippen LogP contribution is -2.39. The molecule has 0 spiro atoms. The minimum atomic E-state index is -2.89. The number of amides is 2. The van der Waals surface area contributed by atoms with Crippen molar-refractivity contribution in [2.75, 3.05) is 35.2 Å². The van der Waals surface area contributed by atoms with Crippen LogP contribution in [0.4, 0.5) is 11.4 Å². The number of carbonyl (C=O) groups is 2. The third-order valence-electron chi connectivity index (χ3n) is 6.97. The summed E-state index contributed by atoms with van der Waals surface area (Å²) in [6.07, 6.45) is 1.93. The Balaban J connectivity index is 1.19. The van der Waals surface area contributed by atoms with Crippen LogP contribution in [0.3, 0.4) is 0 Å². The van der Waals surface area contributed by atoms with E-state index in [2.05, 4.69) is 15.5 Å². The number of nitrogens with one attached hydrogen (secondary N) is 2. The van der Waals surface area contributed by atoms with Gasteiger partial charge in [0.15, 0.2) is 9.84 Å². The van der Waals surface area contributed by atoms with E-state index in [0.29, 0.717) is 30.9 Å². The first-order valence-electron chi connectivity index (χ1n) is 12.6. The lowest BCUT2D eigenvalue weighted by atomic mass is 9.99. The predicted molar refractivity (Wildman–Crippen MR) is 146 cm³/mol. The van der Waals surface area contributed by atoms with Gasteiger partial charge in [-0.15, -0.1) is 0 Å². The summed E-state index contributed by atoms with van der Waals surface area (Å²) in [6.45, 7) is 3.79. The van der Waals surface area contributed by atoms with Crippen LogP contribution in [-0.4, -0.2) is 49.7 Å². The normalized spacial score (nSPS) is 17.2. The van der Waals surface area contributed by atoms with Gasteiger partial charge in [-0.05, 0) is 78.4 Å². The number of hydrogen-bond acceptors (Lipinski definition) is 5. The summed E-state index contributed by atoms with van der Waals surface area (Å²) in [4.78, 5) is 27.0. The van der Waals surface area contributed by atoms with E-state index in [1.165, 1.54) is 0 Å². The molecule has 2 amide bonds. The number of carbonyl (C=O) groups excluding carboxylic acids is 2. The first-order chi connectivity index (χ1) is 17.8. The van der Waals surface area contributed by atoms with Crippen molar-refractivity contribution >= 4 is 33.0 Å². The van der Waals surface area contributed by atoms with Crippen LogP contribution >= 0.6 is 0 Å². The lowest BCUT2D eigenvalue weighted by molar-refractivity contribution is -0.117. The van der Waals surface area contributed by atoms with Crippen molar-refractivity contribution in [3.8, 4) is 11.1 Å². The molecule has 0 bridgehead atoms. The topological polar surface area (TPSA) is 95.6 Å². The highest BCUT2D eigenvalue weighted by Gasteiger charge is 2.29. The van der Waals surface area contributed by atoms with Gasteiger partial charge in [-0.1, -0.05) is 30.3 Å². The standard InChI is InChI=1S/C29H31N3O4S/c1-20-2-11-26(31-29(34)24-7-8-24)18-27(20)22-9-12-25(13-10-22)30-28(33)23-5-3-21(4-6-23)19-32-14-16-37(35,36)17-15-32/h2-6,9-13,18,24H,7-8,14-17,19H2,1H3,(H,30,33)(H,31,34). The van der Waals surface area contributed by atoms with Crippen LogP contribution in [0.15, 0.2) is 66.7 Å². The van der Waals surface area contributed by atoms with Crippen molar-refractivity contribution in [1.29, 1.82) is 0 Å². The Morgan fingerprint density at radius 2 is 1.51 bits per heavy atom. The molecule has 1 aliphatic carbocycles. The largest absolute Gasteiger partial charge is 0.326 e. The summed E-state index contributed by atoms with van der Waals surface area (Å²) < 4.78 is 23.2. The second-order valence-electron chi connectivity index (χ2n) is 9.95. The molecular weight excluding hydrogens is 486 g/mol. The molecule has 0 radical (unpaired) electrons. The van der Waals surface area contributed by atoms with Gasteiger partial charge in [-0.3, -0.25) is 14.5 Å². The van der Waals surface area contributed by atoms with Crippen molar-refractivity contribution in [2.45, 2.75) is 26.3 Å². The fourth-order valence-corrected chi connectivity index (χ4v) is 5.74. The van der Waals surface area contributed by atoms with E-state index in [1.807, 2.05) is 61.5 Å². The molecule has 3 aromatic rings. The van der Waals surface area contributed by atoms with Crippen LogP contribution in [0.2, 0.25) is 0 Å². The Morgan fingerprint density at radius 3 is 2.16 bits per heavy atom. The summed E-state index contributed by atoms with van der Waals surface area (Å²) in [5, 5.41) is 5.95. The highest BCUT2D eigenvalue weighted by molar-refractivity contribution is 7.91. The molecule has 2 N–H and O–H groups in total. The minimum Gasteiger partial charge on any atom is -0.326 e. The molecule has 8 heteroatoms. The zero-order chi connectivity index (χ0) is 26.0.